The molecule has 1 aromatic heterocycles. The lowest BCUT2D eigenvalue weighted by atomic mass is 9.88. The van der Waals surface area contributed by atoms with E-state index in [4.69, 9.17) is 10.1 Å². The Labute approximate surface area is 200 Å². The molecule has 1 spiro atoms. The number of aryl methyl sites for hydroxylation is 1. The van der Waals surface area contributed by atoms with Gasteiger partial charge in [-0.3, -0.25) is 20.0 Å². The van der Waals surface area contributed by atoms with E-state index in [0.29, 0.717) is 24.4 Å². The zero-order valence-electron chi connectivity index (χ0n) is 20.3. The zero-order valence-corrected chi connectivity index (χ0v) is 20.3. The van der Waals surface area contributed by atoms with E-state index in [1.807, 2.05) is 39.0 Å². The molecule has 8 nitrogen and oxygen atoms in total. The first-order valence-electron chi connectivity index (χ1n) is 12.0. The topological polar surface area (TPSA) is 108 Å². The number of ether oxygens (including phenoxy) is 1. The number of amidine groups is 1. The van der Waals surface area contributed by atoms with Crippen LogP contribution >= 0.6 is 0 Å². The Morgan fingerprint density at radius 1 is 1.44 bits per heavy atom. The van der Waals surface area contributed by atoms with Crippen LogP contribution in [0.4, 0.5) is 0 Å². The summed E-state index contributed by atoms with van der Waals surface area (Å²) in [6.07, 6.45) is 12.7. The summed E-state index contributed by atoms with van der Waals surface area (Å²) in [5, 5.41) is 11.3. The number of nitrogens with zero attached hydrogens (tertiary/aromatic N) is 3. The molecule has 180 valence electrons. The summed E-state index contributed by atoms with van der Waals surface area (Å²) >= 11 is 0. The number of hydrogen-bond donors (Lipinski definition) is 2. The van der Waals surface area contributed by atoms with Gasteiger partial charge in [-0.2, -0.15) is 0 Å². The number of rotatable bonds is 8. The largest absolute Gasteiger partial charge is 0.474 e. The van der Waals surface area contributed by atoms with Crippen molar-refractivity contribution in [2.75, 3.05) is 6.54 Å². The molecule has 0 bridgehead atoms. The first kappa shape index (κ1) is 23.9. The molecular formula is C26H33N5O3. The maximum atomic E-state index is 13.4. The average Bonchev–Trinajstić information content (AvgIpc) is 3.53. The van der Waals surface area contributed by atoms with Crippen molar-refractivity contribution < 1.29 is 14.3 Å². The van der Waals surface area contributed by atoms with Gasteiger partial charge in [0.15, 0.2) is 0 Å². The first-order valence-corrected chi connectivity index (χ1v) is 12.0. The Kier molecular flexibility index (Phi) is 6.68. The Balaban J connectivity index is 1.46. The van der Waals surface area contributed by atoms with Gasteiger partial charge in [0.1, 0.15) is 11.9 Å². The van der Waals surface area contributed by atoms with E-state index < -0.39 is 11.3 Å². The van der Waals surface area contributed by atoms with Crippen LogP contribution in [-0.4, -0.2) is 46.4 Å². The van der Waals surface area contributed by atoms with Crippen molar-refractivity contribution in [2.24, 2.45) is 16.3 Å². The minimum absolute atomic E-state index is 0.0433. The van der Waals surface area contributed by atoms with Crippen LogP contribution < -0.4 is 10.1 Å². The first-order chi connectivity index (χ1) is 16.3. The summed E-state index contributed by atoms with van der Waals surface area (Å²) in [6, 6.07) is 1.81. The normalized spacial score (nSPS) is 22.2. The highest BCUT2D eigenvalue weighted by atomic mass is 16.5. The van der Waals surface area contributed by atoms with Crippen molar-refractivity contribution in [2.45, 2.75) is 65.5 Å². The molecule has 2 atom stereocenters. The molecule has 3 aliphatic rings. The number of carbonyl (C=O) groups excluding carboxylic acids is 2. The Morgan fingerprint density at radius 2 is 2.18 bits per heavy atom. The van der Waals surface area contributed by atoms with Crippen LogP contribution in [0.15, 0.2) is 41.2 Å². The van der Waals surface area contributed by atoms with E-state index in [2.05, 4.69) is 15.3 Å². The Hall–Kier alpha value is -3.29. The number of aliphatic imine (C=N–C) groups is 1. The summed E-state index contributed by atoms with van der Waals surface area (Å²) < 4.78 is 5.96. The molecule has 1 saturated heterocycles. The van der Waals surface area contributed by atoms with Gasteiger partial charge in [-0.15, -0.1) is 0 Å². The number of likely N-dealkylation sites (tertiary alicyclic amines) is 1. The predicted molar refractivity (Wildman–Crippen MR) is 131 cm³/mol. The number of aromatic nitrogens is 1. The van der Waals surface area contributed by atoms with Gasteiger partial charge in [-0.25, -0.2) is 4.98 Å². The molecule has 2 heterocycles. The van der Waals surface area contributed by atoms with Gasteiger partial charge < -0.3 is 15.0 Å². The Morgan fingerprint density at radius 3 is 2.74 bits per heavy atom. The third kappa shape index (κ3) is 4.41. The van der Waals surface area contributed by atoms with Crippen molar-refractivity contribution in [3.63, 3.8) is 0 Å². The van der Waals surface area contributed by atoms with E-state index in [1.165, 1.54) is 12.6 Å². The minimum Gasteiger partial charge on any atom is -0.474 e. The van der Waals surface area contributed by atoms with E-state index in [9.17, 15) is 9.59 Å². The third-order valence-corrected chi connectivity index (χ3v) is 7.09. The molecule has 0 aromatic carbocycles. The summed E-state index contributed by atoms with van der Waals surface area (Å²) in [5.74, 6) is -0.123. The van der Waals surface area contributed by atoms with Crippen molar-refractivity contribution in [3.05, 3.63) is 47.3 Å². The molecule has 2 aliphatic carbocycles. The van der Waals surface area contributed by atoms with Gasteiger partial charge in [0.25, 0.3) is 5.91 Å². The SMILES string of the molecule is C/C=N\C=C(/CC)C(=O)NC(=N)C1CN(C(C)c2cnc(OC3CCC3)c(C)c2)C(=O)C12C=C2. The second kappa shape index (κ2) is 9.52. The van der Waals surface area contributed by atoms with Crippen LogP contribution in [0.1, 0.15) is 63.6 Å². The molecule has 4 rings (SSSR count). The van der Waals surface area contributed by atoms with Crippen molar-refractivity contribution in [1.29, 1.82) is 5.41 Å². The van der Waals surface area contributed by atoms with Crippen molar-refractivity contribution in [3.8, 4) is 5.88 Å². The van der Waals surface area contributed by atoms with Gasteiger partial charge in [0, 0.05) is 36.3 Å². The van der Waals surface area contributed by atoms with Gasteiger partial charge in [-0.1, -0.05) is 19.1 Å². The molecule has 8 heteroatoms. The molecule has 2 unspecified atom stereocenters. The fraction of sp³-hybridized carbons (Fsp3) is 0.500. The highest BCUT2D eigenvalue weighted by Crippen LogP contribution is 2.51. The number of pyridine rings is 1. The highest BCUT2D eigenvalue weighted by molar-refractivity contribution is 6.09. The van der Waals surface area contributed by atoms with Crippen LogP contribution in [0.5, 0.6) is 5.88 Å². The average molecular weight is 464 g/mol. The fourth-order valence-electron chi connectivity index (χ4n) is 4.48. The number of amides is 2. The molecule has 1 aromatic rings. The third-order valence-electron chi connectivity index (χ3n) is 7.09. The quantitative estimate of drug-likeness (QED) is 0.264. The van der Waals surface area contributed by atoms with E-state index in [1.54, 1.807) is 24.2 Å². The molecule has 2 amide bonds. The molecule has 34 heavy (non-hydrogen) atoms. The van der Waals surface area contributed by atoms with Crippen LogP contribution in [0, 0.1) is 23.7 Å². The summed E-state index contributed by atoms with van der Waals surface area (Å²) in [6.45, 7) is 7.94. The maximum Gasteiger partial charge on any atom is 0.254 e. The van der Waals surface area contributed by atoms with E-state index in [0.717, 1.165) is 24.0 Å². The molecule has 2 fully saturated rings. The second-order valence-corrected chi connectivity index (χ2v) is 9.30. The lowest BCUT2D eigenvalue weighted by molar-refractivity contribution is -0.133. The fourth-order valence-corrected chi connectivity index (χ4v) is 4.48. The van der Waals surface area contributed by atoms with Crippen LogP contribution in [0.2, 0.25) is 0 Å². The van der Waals surface area contributed by atoms with E-state index in [-0.39, 0.29) is 29.8 Å². The second-order valence-electron chi connectivity index (χ2n) is 9.30. The smallest absolute Gasteiger partial charge is 0.254 e. The van der Waals surface area contributed by atoms with E-state index >= 15 is 0 Å². The summed E-state index contributed by atoms with van der Waals surface area (Å²) in [5.41, 5.74) is 1.55. The predicted octanol–water partition coefficient (Wildman–Crippen LogP) is 3.87. The molecule has 1 aliphatic heterocycles. The number of carbonyl (C=O) groups is 2. The zero-order chi connectivity index (χ0) is 24.5. The molecule has 1 saturated carbocycles. The molecular weight excluding hydrogens is 430 g/mol. The highest BCUT2D eigenvalue weighted by Gasteiger charge is 2.59. The van der Waals surface area contributed by atoms with Gasteiger partial charge >= 0.3 is 0 Å². The minimum atomic E-state index is -0.813. The van der Waals surface area contributed by atoms with Crippen LogP contribution in [-0.2, 0) is 9.59 Å². The Bertz CT molecular complexity index is 1080. The lowest BCUT2D eigenvalue weighted by Gasteiger charge is -2.28. The monoisotopic (exact) mass is 463 g/mol. The van der Waals surface area contributed by atoms with Gasteiger partial charge in [-0.05, 0) is 58.1 Å². The molecule has 0 radical (unpaired) electrons. The number of nitrogens with one attached hydrogen (secondary N) is 2. The standard InChI is InChI=1S/C26H33N5O3/c1-5-18(13-28-6-2)23(32)30-22(27)21-15-31(25(33)26(21)10-11-26)17(4)19-12-16(3)24(29-14-19)34-20-8-7-9-20/h6,10-14,17,20-21H,5,7-9,15H2,1-4H3,(H2,27,30,32)/b18-13+,28-6-. The summed E-state index contributed by atoms with van der Waals surface area (Å²) in [4.78, 5) is 36.3. The van der Waals surface area contributed by atoms with Gasteiger partial charge in [0.2, 0.25) is 11.8 Å². The number of hydrogen-bond acceptors (Lipinski definition) is 6. The van der Waals surface area contributed by atoms with Crippen molar-refractivity contribution >= 4 is 23.9 Å². The van der Waals surface area contributed by atoms with Crippen LogP contribution in [0.3, 0.4) is 0 Å². The maximum absolute atomic E-state index is 13.4. The van der Waals surface area contributed by atoms with Crippen molar-refractivity contribution in [1.82, 2.24) is 15.2 Å². The van der Waals surface area contributed by atoms with Gasteiger partial charge in [0.05, 0.1) is 17.4 Å². The summed E-state index contributed by atoms with van der Waals surface area (Å²) in [7, 11) is 0. The lowest BCUT2D eigenvalue weighted by Crippen LogP contribution is -2.40. The molecule has 2 N–H and O–H groups in total. The van der Waals surface area contributed by atoms with Crippen LogP contribution in [0.25, 0.3) is 0 Å².